The van der Waals surface area contributed by atoms with Crippen LogP contribution in [0.25, 0.3) is 32.8 Å². The Morgan fingerprint density at radius 1 is 0.818 bits per heavy atom. The maximum absolute atomic E-state index is 13.5. The molecule has 2 heterocycles. The first-order chi connectivity index (χ1) is 16.1. The first-order valence-corrected chi connectivity index (χ1v) is 10.5. The standard InChI is InChI=1S/C26H20N4O3/c1-33-26(32)23(14-16-15-27-21-12-6-7-13-22(21)28-16)30-25(31)24-17-8-2-4-10-19(17)29-20-11-5-3-9-18(20)24/h2-13,15,23H,14H2,1H3,(H,30,31)/t23-/m1/s1. The molecule has 0 spiro atoms. The van der Waals surface area contributed by atoms with Gasteiger partial charge < -0.3 is 10.1 Å². The van der Waals surface area contributed by atoms with E-state index in [1.807, 2.05) is 72.8 Å². The number of methoxy groups -OCH3 is 1. The van der Waals surface area contributed by atoms with Gasteiger partial charge in [-0.3, -0.25) is 9.78 Å². The third-order valence-electron chi connectivity index (χ3n) is 5.52. The second-order valence-corrected chi connectivity index (χ2v) is 7.62. The van der Waals surface area contributed by atoms with E-state index in [0.717, 1.165) is 11.0 Å². The number of para-hydroxylation sites is 4. The molecule has 0 radical (unpaired) electrons. The molecule has 162 valence electrons. The Kier molecular flexibility index (Phi) is 5.36. The van der Waals surface area contributed by atoms with E-state index < -0.39 is 12.0 Å². The Morgan fingerprint density at radius 3 is 2.03 bits per heavy atom. The van der Waals surface area contributed by atoms with E-state index in [1.54, 1.807) is 6.20 Å². The van der Waals surface area contributed by atoms with Gasteiger partial charge in [-0.05, 0) is 24.3 Å². The molecule has 7 nitrogen and oxygen atoms in total. The van der Waals surface area contributed by atoms with Crippen molar-refractivity contribution in [1.82, 2.24) is 20.3 Å². The normalized spacial score (nSPS) is 12.0. The van der Waals surface area contributed by atoms with Crippen molar-refractivity contribution in [1.29, 1.82) is 0 Å². The molecule has 1 atom stereocenters. The molecule has 0 aliphatic rings. The number of nitrogens with one attached hydrogen (secondary N) is 1. The van der Waals surface area contributed by atoms with Gasteiger partial charge in [-0.15, -0.1) is 0 Å². The van der Waals surface area contributed by atoms with Crippen LogP contribution in [-0.4, -0.2) is 40.0 Å². The molecule has 0 saturated carbocycles. The number of pyridine rings is 1. The minimum Gasteiger partial charge on any atom is -0.467 e. The molecule has 3 aromatic carbocycles. The number of hydrogen-bond acceptors (Lipinski definition) is 6. The predicted octanol–water partition coefficient (Wildman–Crippen LogP) is 3.85. The summed E-state index contributed by atoms with van der Waals surface area (Å²) in [6.45, 7) is 0. The number of benzene rings is 3. The van der Waals surface area contributed by atoms with Crippen molar-refractivity contribution >= 4 is 44.7 Å². The molecule has 1 amide bonds. The van der Waals surface area contributed by atoms with E-state index in [9.17, 15) is 9.59 Å². The van der Waals surface area contributed by atoms with E-state index in [2.05, 4.69) is 20.3 Å². The van der Waals surface area contributed by atoms with E-state index >= 15 is 0 Å². The van der Waals surface area contributed by atoms with Crippen LogP contribution in [0.15, 0.2) is 79.0 Å². The predicted molar refractivity (Wildman–Crippen MR) is 126 cm³/mol. The number of rotatable bonds is 5. The lowest BCUT2D eigenvalue weighted by Gasteiger charge is -2.18. The summed E-state index contributed by atoms with van der Waals surface area (Å²) < 4.78 is 4.97. The van der Waals surface area contributed by atoms with Crippen molar-refractivity contribution in [3.63, 3.8) is 0 Å². The van der Waals surface area contributed by atoms with E-state index in [-0.39, 0.29) is 12.3 Å². The number of ether oxygens (including phenoxy) is 1. The Morgan fingerprint density at radius 2 is 1.39 bits per heavy atom. The summed E-state index contributed by atoms with van der Waals surface area (Å²) >= 11 is 0. The van der Waals surface area contributed by atoms with Crippen molar-refractivity contribution in [3.05, 3.63) is 90.3 Å². The quantitative estimate of drug-likeness (QED) is 0.332. The zero-order chi connectivity index (χ0) is 22.8. The van der Waals surface area contributed by atoms with Gasteiger partial charge in [-0.2, -0.15) is 0 Å². The fourth-order valence-corrected chi connectivity index (χ4v) is 3.95. The first-order valence-electron chi connectivity index (χ1n) is 10.5. The summed E-state index contributed by atoms with van der Waals surface area (Å²) in [6.07, 6.45) is 1.76. The summed E-state index contributed by atoms with van der Waals surface area (Å²) in [5.74, 6) is -0.935. The topological polar surface area (TPSA) is 94.1 Å². The van der Waals surface area contributed by atoms with Crippen molar-refractivity contribution in [2.75, 3.05) is 7.11 Å². The Bertz CT molecular complexity index is 1460. The van der Waals surface area contributed by atoms with Crippen LogP contribution in [0.4, 0.5) is 0 Å². The molecular formula is C26H20N4O3. The molecule has 0 aliphatic carbocycles. The van der Waals surface area contributed by atoms with Crippen molar-refractivity contribution in [3.8, 4) is 0 Å². The van der Waals surface area contributed by atoms with Crippen LogP contribution in [0.2, 0.25) is 0 Å². The number of aromatic nitrogens is 3. The molecule has 7 heteroatoms. The Hall–Kier alpha value is -4.39. The summed E-state index contributed by atoms with van der Waals surface area (Å²) in [5, 5.41) is 4.28. The fourth-order valence-electron chi connectivity index (χ4n) is 3.95. The van der Waals surface area contributed by atoms with Crippen LogP contribution < -0.4 is 5.32 Å². The summed E-state index contributed by atoms with van der Waals surface area (Å²) in [6, 6.07) is 21.5. The number of carbonyl (C=O) groups is 2. The number of hydrogen-bond donors (Lipinski definition) is 1. The minimum absolute atomic E-state index is 0.150. The zero-order valence-electron chi connectivity index (χ0n) is 17.9. The Labute approximate surface area is 189 Å². The highest BCUT2D eigenvalue weighted by Gasteiger charge is 2.25. The maximum atomic E-state index is 13.5. The van der Waals surface area contributed by atoms with Crippen LogP contribution in [0, 0.1) is 0 Å². The van der Waals surface area contributed by atoms with Crippen molar-refractivity contribution in [2.45, 2.75) is 12.5 Å². The number of nitrogens with zero attached hydrogens (tertiary/aromatic N) is 3. The van der Waals surface area contributed by atoms with Crippen LogP contribution in [0.3, 0.4) is 0 Å². The molecule has 1 N–H and O–H groups in total. The van der Waals surface area contributed by atoms with Gasteiger partial charge in [0.15, 0.2) is 0 Å². The number of esters is 1. The molecule has 5 rings (SSSR count). The SMILES string of the molecule is COC(=O)[C@@H](Cc1cnc2ccccc2n1)NC(=O)c1c2ccccc2nc2ccccc12. The van der Waals surface area contributed by atoms with Gasteiger partial charge in [-0.25, -0.2) is 14.8 Å². The van der Waals surface area contributed by atoms with Crippen LogP contribution in [0.5, 0.6) is 0 Å². The van der Waals surface area contributed by atoms with Gasteiger partial charge in [-0.1, -0.05) is 48.5 Å². The second kappa shape index (κ2) is 8.63. The molecule has 5 aromatic rings. The van der Waals surface area contributed by atoms with Crippen molar-refractivity contribution < 1.29 is 14.3 Å². The second-order valence-electron chi connectivity index (χ2n) is 7.62. The first kappa shape index (κ1) is 20.5. The van der Waals surface area contributed by atoms with Crippen LogP contribution in [-0.2, 0) is 16.0 Å². The lowest BCUT2D eigenvalue weighted by atomic mass is 10.0. The molecule has 0 saturated heterocycles. The molecule has 0 bridgehead atoms. The van der Waals surface area contributed by atoms with Crippen LogP contribution >= 0.6 is 0 Å². The average Bonchev–Trinajstić information content (AvgIpc) is 2.86. The molecule has 0 fully saturated rings. The number of amides is 1. The maximum Gasteiger partial charge on any atom is 0.328 e. The van der Waals surface area contributed by atoms with E-state index in [1.165, 1.54) is 7.11 Å². The summed E-state index contributed by atoms with van der Waals surface area (Å²) in [5.41, 5.74) is 3.93. The smallest absolute Gasteiger partial charge is 0.328 e. The van der Waals surface area contributed by atoms with Crippen LogP contribution in [0.1, 0.15) is 16.1 Å². The monoisotopic (exact) mass is 436 g/mol. The highest BCUT2D eigenvalue weighted by atomic mass is 16.5. The van der Waals surface area contributed by atoms with E-state index in [4.69, 9.17) is 4.74 Å². The fraction of sp³-hybridized carbons (Fsp3) is 0.115. The average molecular weight is 436 g/mol. The van der Waals surface area contributed by atoms with Gasteiger partial charge in [0, 0.05) is 23.4 Å². The third-order valence-corrected chi connectivity index (χ3v) is 5.52. The van der Waals surface area contributed by atoms with E-state index in [0.29, 0.717) is 33.1 Å². The number of carbonyl (C=O) groups excluding carboxylic acids is 2. The molecule has 0 aliphatic heterocycles. The largest absolute Gasteiger partial charge is 0.467 e. The van der Waals surface area contributed by atoms with Gasteiger partial charge >= 0.3 is 5.97 Å². The highest BCUT2D eigenvalue weighted by Crippen LogP contribution is 2.26. The summed E-state index contributed by atoms with van der Waals surface area (Å²) in [7, 11) is 1.30. The lowest BCUT2D eigenvalue weighted by Crippen LogP contribution is -2.43. The molecular weight excluding hydrogens is 416 g/mol. The van der Waals surface area contributed by atoms with Gasteiger partial charge in [0.05, 0.1) is 40.4 Å². The highest BCUT2D eigenvalue weighted by molar-refractivity contribution is 6.16. The van der Waals surface area contributed by atoms with Gasteiger partial charge in [0.1, 0.15) is 6.04 Å². The number of fused-ring (bicyclic) bond motifs is 3. The minimum atomic E-state index is -0.927. The van der Waals surface area contributed by atoms with Gasteiger partial charge in [0.25, 0.3) is 5.91 Å². The van der Waals surface area contributed by atoms with Gasteiger partial charge in [0.2, 0.25) is 0 Å². The molecule has 2 aromatic heterocycles. The third kappa shape index (κ3) is 3.96. The molecule has 0 unspecified atom stereocenters. The lowest BCUT2D eigenvalue weighted by molar-refractivity contribution is -0.142. The summed E-state index contributed by atoms with van der Waals surface area (Å²) in [4.78, 5) is 39.7. The van der Waals surface area contributed by atoms with Crippen molar-refractivity contribution in [2.24, 2.45) is 0 Å². The molecule has 33 heavy (non-hydrogen) atoms. The zero-order valence-corrected chi connectivity index (χ0v) is 17.9. The Balaban J connectivity index is 1.52.